The molecule has 5 nitrogen and oxygen atoms in total. The minimum absolute atomic E-state index is 0.0594. The Labute approximate surface area is 161 Å². The van der Waals surface area contributed by atoms with Crippen molar-refractivity contribution in [2.75, 3.05) is 7.11 Å². The van der Waals surface area contributed by atoms with Crippen molar-refractivity contribution in [3.63, 3.8) is 0 Å². The molecular weight excluding hydrogens is 362 g/mol. The molecule has 0 fully saturated rings. The number of ketones is 1. The monoisotopic (exact) mass is 389 g/mol. The summed E-state index contributed by atoms with van der Waals surface area (Å²) in [6, 6.07) is 6.05. The highest BCUT2D eigenvalue weighted by molar-refractivity contribution is 7.90. The van der Waals surface area contributed by atoms with Gasteiger partial charge in [-0.25, -0.2) is 0 Å². The number of carbonyl (C=O) groups excluding carboxylic acids is 1. The zero-order chi connectivity index (χ0) is 20.6. The molecule has 2 rings (SSSR count). The molecule has 0 unspecified atom stereocenters. The van der Waals surface area contributed by atoms with E-state index in [4.69, 9.17) is 4.74 Å². The molecule has 146 valence electrons. The van der Waals surface area contributed by atoms with Crippen LogP contribution in [-0.4, -0.2) is 27.0 Å². The van der Waals surface area contributed by atoms with Crippen LogP contribution in [0.1, 0.15) is 41.5 Å². The van der Waals surface area contributed by atoms with E-state index in [0.717, 1.165) is 0 Å². The summed E-state index contributed by atoms with van der Waals surface area (Å²) in [5.41, 5.74) is 0.524. The van der Waals surface area contributed by atoms with Crippen LogP contribution >= 0.6 is 0 Å². The van der Waals surface area contributed by atoms with Gasteiger partial charge in [-0.15, -0.1) is 0 Å². The van der Waals surface area contributed by atoms with Crippen molar-refractivity contribution in [2.24, 2.45) is 15.2 Å². The molecule has 0 heterocycles. The molecule has 0 saturated heterocycles. The molecule has 0 N–H and O–H groups in total. The fraction of sp³-hybridized carbons (Fsp3) is 0.429. The Balaban J connectivity index is 2.59. The smallest absolute Gasteiger partial charge is 0.282 e. The Morgan fingerprint density at radius 3 is 1.67 bits per heavy atom. The number of hydrogen-bond donors (Lipinski definition) is 0. The van der Waals surface area contributed by atoms with E-state index in [1.165, 1.54) is 19.2 Å². The molecule has 0 spiro atoms. The highest BCUT2D eigenvalue weighted by Gasteiger charge is 2.34. The van der Waals surface area contributed by atoms with Gasteiger partial charge in [0.25, 0.3) is 10.0 Å². The summed E-state index contributed by atoms with van der Waals surface area (Å²) in [6.45, 7) is 11.6. The van der Waals surface area contributed by atoms with Crippen molar-refractivity contribution >= 4 is 21.5 Å². The van der Waals surface area contributed by atoms with Crippen molar-refractivity contribution in [1.29, 1.82) is 0 Å². The zero-order valence-corrected chi connectivity index (χ0v) is 17.8. The first-order valence-electron chi connectivity index (χ1n) is 8.74. The summed E-state index contributed by atoms with van der Waals surface area (Å²) < 4.78 is 34.5. The number of nitrogens with zero attached hydrogens (tertiary/aromatic N) is 1. The predicted octanol–water partition coefficient (Wildman–Crippen LogP) is 4.35. The molecule has 0 saturated carbocycles. The van der Waals surface area contributed by atoms with E-state index in [9.17, 15) is 13.2 Å². The van der Waals surface area contributed by atoms with Crippen molar-refractivity contribution in [3.05, 3.63) is 47.6 Å². The average molecular weight is 390 g/mol. The number of benzene rings is 1. The van der Waals surface area contributed by atoms with E-state index in [2.05, 4.69) is 4.40 Å². The lowest BCUT2D eigenvalue weighted by Crippen LogP contribution is -2.29. The van der Waals surface area contributed by atoms with E-state index in [0.29, 0.717) is 16.9 Å². The number of rotatable bonds is 3. The third-order valence-electron chi connectivity index (χ3n) is 4.27. The zero-order valence-electron chi connectivity index (χ0n) is 17.0. The lowest BCUT2D eigenvalue weighted by Gasteiger charge is -2.30. The minimum Gasteiger partial charge on any atom is -0.497 e. The van der Waals surface area contributed by atoms with Crippen LogP contribution in [0.2, 0.25) is 0 Å². The highest BCUT2D eigenvalue weighted by Crippen LogP contribution is 2.37. The van der Waals surface area contributed by atoms with Gasteiger partial charge < -0.3 is 4.74 Å². The summed E-state index contributed by atoms with van der Waals surface area (Å²) in [7, 11) is -2.39. The molecule has 1 aliphatic rings. The molecule has 0 amide bonds. The van der Waals surface area contributed by atoms with Gasteiger partial charge in [0.2, 0.25) is 0 Å². The third kappa shape index (κ3) is 4.75. The number of Topliss-reactive ketones (excluding diaryl/α,β-unsaturated/α-hetero) is 1. The Hall–Kier alpha value is -2.21. The standard InChI is InChI=1S/C21H27NO4S/c1-20(2,3)17-12-14(13-18(19(17)23)21(4,5)6)22-27(24,25)16-10-8-15(26-7)9-11-16/h8-13H,1-7H3. The van der Waals surface area contributed by atoms with Crippen LogP contribution in [0.3, 0.4) is 0 Å². The van der Waals surface area contributed by atoms with E-state index < -0.39 is 20.9 Å². The molecular formula is C21H27NO4S. The molecule has 0 aliphatic heterocycles. The Kier molecular flexibility index (Phi) is 5.53. The van der Waals surface area contributed by atoms with Gasteiger partial charge in [0.1, 0.15) is 5.75 Å². The van der Waals surface area contributed by atoms with E-state index in [-0.39, 0.29) is 16.4 Å². The van der Waals surface area contributed by atoms with Crippen molar-refractivity contribution in [1.82, 2.24) is 0 Å². The normalized spacial score (nSPS) is 16.0. The molecule has 1 aromatic carbocycles. The lowest BCUT2D eigenvalue weighted by atomic mass is 9.72. The van der Waals surface area contributed by atoms with E-state index >= 15 is 0 Å². The fourth-order valence-electron chi connectivity index (χ4n) is 2.72. The first-order valence-corrected chi connectivity index (χ1v) is 10.2. The molecule has 0 aromatic heterocycles. The lowest BCUT2D eigenvalue weighted by molar-refractivity contribution is -0.114. The van der Waals surface area contributed by atoms with E-state index in [1.54, 1.807) is 24.3 Å². The molecule has 1 aliphatic carbocycles. The molecule has 0 atom stereocenters. The van der Waals surface area contributed by atoms with Crippen molar-refractivity contribution in [2.45, 2.75) is 46.4 Å². The van der Waals surface area contributed by atoms with Gasteiger partial charge in [-0.2, -0.15) is 12.8 Å². The summed E-state index contributed by atoms with van der Waals surface area (Å²) in [6.07, 6.45) is 3.16. The molecule has 6 heteroatoms. The van der Waals surface area contributed by atoms with Gasteiger partial charge >= 0.3 is 0 Å². The summed E-state index contributed by atoms with van der Waals surface area (Å²) in [5.74, 6) is 0.505. The second-order valence-electron chi connectivity index (χ2n) is 8.61. The molecule has 0 radical (unpaired) electrons. The van der Waals surface area contributed by atoms with Crippen molar-refractivity contribution in [3.8, 4) is 5.75 Å². The average Bonchev–Trinajstić information content (AvgIpc) is 2.54. The largest absolute Gasteiger partial charge is 0.497 e. The van der Waals surface area contributed by atoms with Crippen LogP contribution in [0.25, 0.3) is 0 Å². The van der Waals surface area contributed by atoms with Gasteiger partial charge in [0.15, 0.2) is 5.78 Å². The van der Waals surface area contributed by atoms with Gasteiger partial charge in [-0.1, -0.05) is 41.5 Å². The van der Waals surface area contributed by atoms with Crippen LogP contribution < -0.4 is 4.74 Å². The van der Waals surface area contributed by atoms with E-state index in [1.807, 2.05) is 41.5 Å². The fourth-order valence-corrected chi connectivity index (χ4v) is 3.69. The number of methoxy groups -OCH3 is 1. The number of sulfonamides is 1. The second-order valence-corrected chi connectivity index (χ2v) is 10.2. The SMILES string of the molecule is COc1ccc(S(=O)(=O)N=C2C=C(C(C)(C)C)C(=O)C(C(C)(C)C)=C2)cc1. The number of hydrogen-bond acceptors (Lipinski definition) is 4. The minimum atomic E-state index is -3.91. The Morgan fingerprint density at radius 2 is 1.30 bits per heavy atom. The second kappa shape index (κ2) is 7.08. The molecule has 27 heavy (non-hydrogen) atoms. The van der Waals surface area contributed by atoms with Gasteiger partial charge in [0, 0.05) is 11.1 Å². The van der Waals surface area contributed by atoms with Crippen LogP contribution in [0.4, 0.5) is 0 Å². The Bertz CT molecular complexity index is 899. The first-order chi connectivity index (χ1) is 12.3. The third-order valence-corrected chi connectivity index (χ3v) is 5.59. The van der Waals surface area contributed by atoms with Crippen LogP contribution in [0, 0.1) is 10.8 Å². The van der Waals surface area contributed by atoms with Crippen LogP contribution in [0.5, 0.6) is 5.75 Å². The van der Waals surface area contributed by atoms with Gasteiger partial charge in [-0.3, -0.25) is 4.79 Å². The summed E-state index contributed by atoms with van der Waals surface area (Å²) in [5, 5.41) is 0. The van der Waals surface area contributed by atoms with Crippen molar-refractivity contribution < 1.29 is 17.9 Å². The number of ether oxygens (including phenoxy) is 1. The summed E-state index contributed by atoms with van der Waals surface area (Å²) >= 11 is 0. The topological polar surface area (TPSA) is 72.8 Å². The quantitative estimate of drug-likeness (QED) is 0.720. The number of carbonyl (C=O) groups is 1. The summed E-state index contributed by atoms with van der Waals surface area (Å²) in [4.78, 5) is 13.0. The number of allylic oxidation sites excluding steroid dienone is 4. The van der Waals surface area contributed by atoms with Crippen LogP contribution in [-0.2, 0) is 14.8 Å². The maximum Gasteiger partial charge on any atom is 0.282 e. The highest BCUT2D eigenvalue weighted by atomic mass is 32.2. The Morgan fingerprint density at radius 1 is 0.852 bits per heavy atom. The maximum atomic E-state index is 12.9. The maximum absolute atomic E-state index is 12.9. The first kappa shape index (κ1) is 21.1. The molecule has 0 bridgehead atoms. The predicted molar refractivity (Wildman–Crippen MR) is 108 cm³/mol. The van der Waals surface area contributed by atoms with Gasteiger partial charge in [-0.05, 0) is 47.2 Å². The van der Waals surface area contributed by atoms with Crippen LogP contribution in [0.15, 0.2) is 56.9 Å². The molecule has 1 aromatic rings. The van der Waals surface area contributed by atoms with Gasteiger partial charge in [0.05, 0.1) is 17.7 Å².